The Morgan fingerprint density at radius 1 is 0.723 bits per heavy atom. The number of aryl methyl sites for hydroxylation is 2. The highest BCUT2D eigenvalue weighted by Crippen LogP contribution is 2.27. The zero-order chi connectivity index (χ0) is 32.7. The Morgan fingerprint density at radius 2 is 1.21 bits per heavy atom. The molecule has 47 heavy (non-hydrogen) atoms. The maximum Gasteiger partial charge on any atom is 0.252 e. The number of piperazine rings is 2. The highest BCUT2D eigenvalue weighted by Gasteiger charge is 2.31. The van der Waals surface area contributed by atoms with Gasteiger partial charge in [-0.2, -0.15) is 0 Å². The van der Waals surface area contributed by atoms with Gasteiger partial charge in [-0.15, -0.1) is 12.4 Å². The van der Waals surface area contributed by atoms with Gasteiger partial charge in [-0.1, -0.05) is 72.8 Å². The van der Waals surface area contributed by atoms with Crippen LogP contribution in [-0.4, -0.2) is 93.3 Å². The number of hydrogen-bond acceptors (Lipinski definition) is 6. The second kappa shape index (κ2) is 20.1. The van der Waals surface area contributed by atoms with Crippen molar-refractivity contribution in [2.24, 2.45) is 0 Å². The molecule has 2 heterocycles. The van der Waals surface area contributed by atoms with Crippen LogP contribution in [0, 0.1) is 0 Å². The van der Waals surface area contributed by atoms with Crippen LogP contribution in [0.15, 0.2) is 84.9 Å². The molecule has 8 nitrogen and oxygen atoms in total. The lowest BCUT2D eigenvalue weighted by atomic mass is 9.90. The van der Waals surface area contributed by atoms with Gasteiger partial charge in [0.05, 0.1) is 13.0 Å². The number of ether oxygens (including phenoxy) is 2. The summed E-state index contributed by atoms with van der Waals surface area (Å²) in [5.74, 6) is 1.05. The molecule has 3 aromatic rings. The number of carbonyl (C=O) groups excluding carboxylic acids is 2. The zero-order valence-electron chi connectivity index (χ0n) is 28.4. The first-order valence-electron chi connectivity index (χ1n) is 16.7. The monoisotopic (exact) mass is 664 g/mol. The topological polar surface area (TPSA) is 83.1 Å². The molecule has 2 fully saturated rings. The van der Waals surface area contributed by atoms with Gasteiger partial charge in [0.2, 0.25) is 5.91 Å². The molecule has 0 bridgehead atoms. The molecular formula is C38H53ClN4O4. The summed E-state index contributed by atoms with van der Waals surface area (Å²) in [5.41, 5.74) is 3.58. The van der Waals surface area contributed by atoms with Crippen LogP contribution in [-0.2, 0) is 27.2 Å². The minimum atomic E-state index is -0.337. The summed E-state index contributed by atoms with van der Waals surface area (Å²) in [4.78, 5) is 29.9. The molecule has 4 atom stereocenters. The molecule has 2 aliphatic rings. The number of benzene rings is 3. The van der Waals surface area contributed by atoms with Crippen LogP contribution in [0.3, 0.4) is 0 Å². The first-order chi connectivity index (χ1) is 22.4. The van der Waals surface area contributed by atoms with E-state index in [9.17, 15) is 9.59 Å². The maximum atomic E-state index is 13.4. The molecule has 0 spiro atoms. The number of methoxy groups -OCH3 is 2. The van der Waals surface area contributed by atoms with Crippen molar-refractivity contribution in [3.63, 3.8) is 0 Å². The predicted molar refractivity (Wildman–Crippen MR) is 191 cm³/mol. The van der Waals surface area contributed by atoms with E-state index in [1.54, 1.807) is 14.2 Å². The third kappa shape index (κ3) is 11.4. The van der Waals surface area contributed by atoms with Gasteiger partial charge in [-0.3, -0.25) is 9.59 Å². The summed E-state index contributed by atoms with van der Waals surface area (Å²) in [6, 6.07) is 29.0. The van der Waals surface area contributed by atoms with Crippen LogP contribution in [0.25, 0.3) is 0 Å². The van der Waals surface area contributed by atoms with E-state index >= 15 is 0 Å². The van der Waals surface area contributed by atoms with Crippen LogP contribution >= 0.6 is 12.4 Å². The molecule has 5 rings (SSSR count). The van der Waals surface area contributed by atoms with E-state index in [4.69, 9.17) is 9.47 Å². The lowest BCUT2D eigenvalue weighted by molar-refractivity contribution is -0.145. The Bertz CT molecular complexity index is 1330. The normalized spacial score (nSPS) is 19.0. The van der Waals surface area contributed by atoms with Gasteiger partial charge >= 0.3 is 0 Å². The Labute approximate surface area is 287 Å². The van der Waals surface area contributed by atoms with Gasteiger partial charge in [0.1, 0.15) is 11.9 Å². The van der Waals surface area contributed by atoms with E-state index in [1.807, 2.05) is 58.3 Å². The molecule has 4 unspecified atom stereocenters. The van der Waals surface area contributed by atoms with Crippen molar-refractivity contribution in [3.8, 4) is 5.75 Å². The van der Waals surface area contributed by atoms with Crippen molar-refractivity contribution in [2.75, 3.05) is 53.5 Å². The van der Waals surface area contributed by atoms with Gasteiger partial charge in [0.15, 0.2) is 0 Å². The predicted octanol–water partition coefficient (Wildman–Crippen LogP) is 5.11. The highest BCUT2D eigenvalue weighted by atomic mass is 35.5. The van der Waals surface area contributed by atoms with Gasteiger partial charge in [0, 0.05) is 58.5 Å². The van der Waals surface area contributed by atoms with Gasteiger partial charge < -0.3 is 29.9 Å². The van der Waals surface area contributed by atoms with Crippen molar-refractivity contribution < 1.29 is 19.1 Å². The number of nitrogens with zero attached hydrogens (tertiary/aromatic N) is 2. The third-order valence-electron chi connectivity index (χ3n) is 9.05. The molecule has 256 valence electrons. The van der Waals surface area contributed by atoms with E-state index in [-0.39, 0.29) is 48.3 Å². The van der Waals surface area contributed by atoms with Crippen LogP contribution in [0.4, 0.5) is 0 Å². The Balaban J connectivity index is 0.000000259. The maximum absolute atomic E-state index is 13.4. The molecule has 9 heteroatoms. The Hall–Kier alpha value is -3.43. The van der Waals surface area contributed by atoms with Crippen molar-refractivity contribution in [1.82, 2.24) is 20.4 Å². The Morgan fingerprint density at radius 3 is 1.68 bits per heavy atom. The molecule has 0 saturated carbocycles. The number of rotatable bonds is 11. The van der Waals surface area contributed by atoms with Crippen LogP contribution < -0.4 is 15.4 Å². The molecule has 2 N–H and O–H groups in total. The van der Waals surface area contributed by atoms with E-state index in [2.05, 4.69) is 60.9 Å². The second-order valence-corrected chi connectivity index (χ2v) is 12.3. The highest BCUT2D eigenvalue weighted by molar-refractivity contribution is 5.85. The average Bonchev–Trinajstić information content (AvgIpc) is 3.10. The molecule has 3 aromatic carbocycles. The van der Waals surface area contributed by atoms with E-state index in [0.29, 0.717) is 0 Å². The van der Waals surface area contributed by atoms with Crippen molar-refractivity contribution in [1.29, 1.82) is 0 Å². The second-order valence-electron chi connectivity index (χ2n) is 12.3. The summed E-state index contributed by atoms with van der Waals surface area (Å²) < 4.78 is 10.7. The summed E-state index contributed by atoms with van der Waals surface area (Å²) >= 11 is 0. The third-order valence-corrected chi connectivity index (χ3v) is 9.05. The molecule has 0 aliphatic carbocycles. The first kappa shape index (κ1) is 38.0. The van der Waals surface area contributed by atoms with E-state index in [0.717, 1.165) is 76.3 Å². The smallest absolute Gasteiger partial charge is 0.252 e. The van der Waals surface area contributed by atoms with Gasteiger partial charge in [0.25, 0.3) is 5.91 Å². The molecular weight excluding hydrogens is 612 g/mol. The van der Waals surface area contributed by atoms with Crippen molar-refractivity contribution >= 4 is 24.2 Å². The summed E-state index contributed by atoms with van der Waals surface area (Å²) in [5, 5.41) is 6.66. The minimum absolute atomic E-state index is 0. The average molecular weight is 665 g/mol. The summed E-state index contributed by atoms with van der Waals surface area (Å²) in [6.07, 6.45) is 2.97. The summed E-state index contributed by atoms with van der Waals surface area (Å²) in [6.45, 7) is 9.19. The number of hydrogen-bond donors (Lipinski definition) is 2. The number of halogens is 1. The van der Waals surface area contributed by atoms with E-state index < -0.39 is 0 Å². The first-order valence-corrected chi connectivity index (χ1v) is 16.7. The van der Waals surface area contributed by atoms with Crippen molar-refractivity contribution in [2.45, 2.75) is 63.6 Å². The fraction of sp³-hybridized carbons (Fsp3) is 0.474. The van der Waals surface area contributed by atoms with Crippen LogP contribution in [0.1, 0.15) is 49.3 Å². The minimum Gasteiger partial charge on any atom is -0.497 e. The van der Waals surface area contributed by atoms with Gasteiger partial charge in [-0.25, -0.2) is 0 Å². The number of carbonyl (C=O) groups is 2. The number of amides is 2. The van der Waals surface area contributed by atoms with Crippen molar-refractivity contribution in [3.05, 3.63) is 102 Å². The molecule has 0 aromatic heterocycles. The molecule has 2 amide bonds. The molecule has 2 aliphatic heterocycles. The number of nitrogens with one attached hydrogen (secondary N) is 2. The zero-order valence-corrected chi connectivity index (χ0v) is 29.2. The fourth-order valence-corrected chi connectivity index (χ4v) is 6.23. The SMILES string of the molecule is COC(CCc1ccccc1)C(=O)N1CCNCC1C.COc1ccc(C(CCc2ccccc2)C(=O)N2CCNCC2C)cc1.Cl. The van der Waals surface area contributed by atoms with Gasteiger partial charge in [-0.05, 0) is 68.4 Å². The standard InChI is InChI=1S/C22H28N2O2.C16H24N2O2.ClH/c1-17-16-23-14-15-24(17)22(25)21(13-8-18-6-4-3-5-7-18)19-9-11-20(26-2)12-10-19;1-13-12-17-10-11-18(13)16(19)15(20-2)9-8-14-6-4-3-5-7-14;/h3-7,9-12,17,21,23H,8,13-16H2,1-2H3;3-7,13,15,17H,8-12H2,1-2H3;1H. The Kier molecular flexibility index (Phi) is 16.2. The fourth-order valence-electron chi connectivity index (χ4n) is 6.23. The quantitative estimate of drug-likeness (QED) is 0.297. The summed E-state index contributed by atoms with van der Waals surface area (Å²) in [7, 11) is 3.29. The molecule has 0 radical (unpaired) electrons. The van der Waals surface area contributed by atoms with Crippen LogP contribution in [0.2, 0.25) is 0 Å². The van der Waals surface area contributed by atoms with E-state index in [1.165, 1.54) is 11.1 Å². The van der Waals surface area contributed by atoms with Crippen LogP contribution in [0.5, 0.6) is 5.75 Å². The lowest BCUT2D eigenvalue weighted by Gasteiger charge is -2.36. The molecule has 2 saturated heterocycles. The lowest BCUT2D eigenvalue weighted by Crippen LogP contribution is -2.55. The largest absolute Gasteiger partial charge is 0.497 e.